The number of hydrogen-bond donors (Lipinski definition) is 1. The van der Waals surface area contributed by atoms with E-state index in [1.165, 1.54) is 0 Å². The van der Waals surface area contributed by atoms with E-state index < -0.39 is 23.2 Å². The molecule has 0 aromatic heterocycles. The van der Waals surface area contributed by atoms with Crippen LogP contribution in [0.2, 0.25) is 0 Å². The quantitative estimate of drug-likeness (QED) is 0.660. The number of hydrogen-bond acceptors (Lipinski definition) is 2. The molecule has 1 N–H and O–H groups in total. The average Bonchev–Trinajstić information content (AvgIpc) is 2.97. The fraction of sp³-hybridized carbons (Fsp3) is 0.455. The first kappa shape index (κ1) is 12.3. The van der Waals surface area contributed by atoms with E-state index in [2.05, 4.69) is 0 Å². The summed E-state index contributed by atoms with van der Waals surface area (Å²) in [5, 5.41) is 8.80. The predicted molar refractivity (Wildman–Crippen MR) is 50.7 cm³/mol. The van der Waals surface area contributed by atoms with Crippen LogP contribution < -0.4 is 0 Å². The summed E-state index contributed by atoms with van der Waals surface area (Å²) in [6.07, 6.45) is -4.39. The van der Waals surface area contributed by atoms with E-state index in [4.69, 9.17) is 9.84 Å². The van der Waals surface area contributed by atoms with Gasteiger partial charge in [0.05, 0.1) is 12.2 Å². The molecule has 1 atom stereocenters. The van der Waals surface area contributed by atoms with Crippen LogP contribution in [-0.2, 0) is 16.5 Å². The molecule has 0 spiro atoms. The summed E-state index contributed by atoms with van der Waals surface area (Å²) in [7, 11) is 0. The number of aliphatic hydroxyl groups excluding tert-OH is 1. The Hall–Kier alpha value is -1.14. The van der Waals surface area contributed by atoms with Crippen molar-refractivity contribution in [2.24, 2.45) is 0 Å². The second kappa shape index (κ2) is 3.96. The fourth-order valence-corrected chi connectivity index (χ4v) is 1.76. The van der Waals surface area contributed by atoms with Gasteiger partial charge >= 0.3 is 6.18 Å². The van der Waals surface area contributed by atoms with Crippen LogP contribution in [0.15, 0.2) is 18.2 Å². The smallest absolute Gasteiger partial charge is 0.396 e. The van der Waals surface area contributed by atoms with Gasteiger partial charge in [0.2, 0.25) is 0 Å². The lowest BCUT2D eigenvalue weighted by Gasteiger charge is -2.14. The maximum absolute atomic E-state index is 13.6. The third kappa shape index (κ3) is 2.28. The first-order valence-corrected chi connectivity index (χ1v) is 5.01. The minimum absolute atomic E-state index is 0.0690. The van der Waals surface area contributed by atoms with Gasteiger partial charge in [0.25, 0.3) is 0 Å². The van der Waals surface area contributed by atoms with Gasteiger partial charge in [-0.05, 0) is 12.1 Å². The van der Waals surface area contributed by atoms with Crippen LogP contribution in [0.1, 0.15) is 17.5 Å². The Labute approximate surface area is 94.8 Å². The number of aliphatic hydroxyl groups is 1. The minimum Gasteiger partial charge on any atom is -0.396 e. The molecule has 0 amide bonds. The van der Waals surface area contributed by atoms with Gasteiger partial charge in [0.15, 0.2) is 0 Å². The number of ether oxygens (including phenoxy) is 1. The Morgan fingerprint density at radius 2 is 2.00 bits per heavy atom. The summed E-state index contributed by atoms with van der Waals surface area (Å²) in [4.78, 5) is 0. The molecule has 1 saturated heterocycles. The maximum Gasteiger partial charge on any atom is 0.416 e. The lowest BCUT2D eigenvalue weighted by Crippen LogP contribution is -2.14. The summed E-state index contributed by atoms with van der Waals surface area (Å²) < 4.78 is 55.6. The van der Waals surface area contributed by atoms with E-state index in [0.29, 0.717) is 6.07 Å². The predicted octanol–water partition coefficient (Wildman–Crippen LogP) is 2.45. The zero-order valence-corrected chi connectivity index (χ0v) is 8.72. The molecule has 17 heavy (non-hydrogen) atoms. The third-order valence-electron chi connectivity index (χ3n) is 2.80. The van der Waals surface area contributed by atoms with E-state index in [-0.39, 0.29) is 25.2 Å². The summed E-state index contributed by atoms with van der Waals surface area (Å²) in [5.74, 6) is -0.953. The van der Waals surface area contributed by atoms with Gasteiger partial charge < -0.3 is 9.84 Å². The van der Waals surface area contributed by atoms with Crippen molar-refractivity contribution in [3.63, 3.8) is 0 Å². The van der Waals surface area contributed by atoms with E-state index in [9.17, 15) is 17.6 Å². The first-order chi connectivity index (χ1) is 7.89. The molecule has 1 heterocycles. The summed E-state index contributed by atoms with van der Waals surface area (Å²) in [5.41, 5.74) is -1.90. The van der Waals surface area contributed by atoms with Gasteiger partial charge in [-0.3, -0.25) is 0 Å². The molecule has 1 aromatic rings. The van der Waals surface area contributed by atoms with Gasteiger partial charge in [-0.15, -0.1) is 0 Å². The molecule has 0 radical (unpaired) electrons. The minimum atomic E-state index is -4.56. The molecular formula is C11H10F4O2. The normalized spacial score (nSPS) is 23.8. The maximum atomic E-state index is 13.6. The molecule has 1 unspecified atom stereocenters. The number of alkyl halides is 3. The van der Waals surface area contributed by atoms with Gasteiger partial charge in [-0.2, -0.15) is 13.2 Å². The highest BCUT2D eigenvalue weighted by atomic mass is 19.4. The highest BCUT2D eigenvalue weighted by Gasteiger charge is 2.48. The van der Waals surface area contributed by atoms with Crippen molar-refractivity contribution in [2.75, 3.05) is 13.2 Å². The van der Waals surface area contributed by atoms with Crippen molar-refractivity contribution in [1.82, 2.24) is 0 Å². The first-order valence-electron chi connectivity index (χ1n) is 5.01. The lowest BCUT2D eigenvalue weighted by atomic mass is 9.95. The van der Waals surface area contributed by atoms with Gasteiger partial charge in [-0.1, -0.05) is 6.07 Å². The fourth-order valence-electron chi connectivity index (χ4n) is 1.76. The largest absolute Gasteiger partial charge is 0.416 e. The number of benzene rings is 1. The molecule has 0 saturated carbocycles. The Morgan fingerprint density at radius 1 is 1.35 bits per heavy atom. The Bertz CT molecular complexity index is 424. The van der Waals surface area contributed by atoms with E-state index in [1.54, 1.807) is 0 Å². The highest BCUT2D eigenvalue weighted by molar-refractivity contribution is 5.33. The summed E-state index contributed by atoms with van der Waals surface area (Å²) in [6.45, 7) is 0.0102. The molecule has 6 heteroatoms. The monoisotopic (exact) mass is 250 g/mol. The van der Waals surface area contributed by atoms with Gasteiger partial charge in [0.1, 0.15) is 11.4 Å². The highest BCUT2D eigenvalue weighted by Crippen LogP contribution is 2.44. The van der Waals surface area contributed by atoms with E-state index in [1.807, 2.05) is 0 Å². The molecule has 1 aromatic carbocycles. The topological polar surface area (TPSA) is 32.8 Å². The van der Waals surface area contributed by atoms with Crippen LogP contribution in [0.4, 0.5) is 17.6 Å². The zero-order chi connectivity index (χ0) is 12.7. The standard InChI is InChI=1S/C11H10F4O2/c12-9-5-7(11(13,14)15)1-2-8(9)10(3-4-16)6-17-10/h1-2,5,16H,3-4,6H2. The van der Waals surface area contributed by atoms with Crippen molar-refractivity contribution < 1.29 is 27.4 Å². The molecular weight excluding hydrogens is 240 g/mol. The van der Waals surface area contributed by atoms with Gasteiger partial charge in [0, 0.05) is 18.6 Å². The Kier molecular flexibility index (Phi) is 2.87. The van der Waals surface area contributed by atoms with E-state index >= 15 is 0 Å². The second-order valence-electron chi connectivity index (χ2n) is 3.95. The van der Waals surface area contributed by atoms with Gasteiger partial charge in [-0.25, -0.2) is 4.39 Å². The van der Waals surface area contributed by atoms with Crippen LogP contribution in [-0.4, -0.2) is 18.3 Å². The van der Waals surface area contributed by atoms with Crippen LogP contribution in [0.3, 0.4) is 0 Å². The average molecular weight is 250 g/mol. The molecule has 0 bridgehead atoms. The molecule has 2 rings (SSSR count). The molecule has 1 aliphatic rings. The number of rotatable bonds is 3. The third-order valence-corrected chi connectivity index (χ3v) is 2.80. The molecule has 1 fully saturated rings. The SMILES string of the molecule is OCCC1(c2ccc(C(F)(F)F)cc2F)CO1. The molecule has 0 aliphatic carbocycles. The van der Waals surface area contributed by atoms with Crippen LogP contribution in [0, 0.1) is 5.82 Å². The van der Waals surface area contributed by atoms with Crippen LogP contribution in [0.5, 0.6) is 0 Å². The van der Waals surface area contributed by atoms with Crippen molar-refractivity contribution in [3.8, 4) is 0 Å². The van der Waals surface area contributed by atoms with Crippen molar-refractivity contribution in [2.45, 2.75) is 18.2 Å². The molecule has 2 nitrogen and oxygen atoms in total. The van der Waals surface area contributed by atoms with Crippen LogP contribution in [0.25, 0.3) is 0 Å². The van der Waals surface area contributed by atoms with Crippen molar-refractivity contribution >= 4 is 0 Å². The Morgan fingerprint density at radius 3 is 2.41 bits per heavy atom. The Balaban J connectivity index is 2.33. The number of epoxide rings is 1. The molecule has 94 valence electrons. The number of halogens is 4. The second-order valence-corrected chi connectivity index (χ2v) is 3.95. The van der Waals surface area contributed by atoms with Crippen molar-refractivity contribution in [1.29, 1.82) is 0 Å². The lowest BCUT2D eigenvalue weighted by molar-refractivity contribution is -0.137. The van der Waals surface area contributed by atoms with E-state index in [0.717, 1.165) is 12.1 Å². The summed E-state index contributed by atoms with van der Waals surface area (Å²) >= 11 is 0. The zero-order valence-electron chi connectivity index (χ0n) is 8.72. The summed E-state index contributed by atoms with van der Waals surface area (Å²) in [6, 6.07) is 2.34. The van der Waals surface area contributed by atoms with Crippen LogP contribution >= 0.6 is 0 Å². The van der Waals surface area contributed by atoms with Crippen molar-refractivity contribution in [3.05, 3.63) is 35.1 Å². The molecule has 1 aliphatic heterocycles.